The third-order valence-corrected chi connectivity index (χ3v) is 9.90. The highest BCUT2D eigenvalue weighted by molar-refractivity contribution is 5.88. The Morgan fingerprint density at radius 3 is 2.04 bits per heavy atom. The summed E-state index contributed by atoms with van der Waals surface area (Å²) >= 11 is 0. The lowest BCUT2D eigenvalue weighted by molar-refractivity contribution is -0.129. The number of aryl methyl sites for hydroxylation is 1. The van der Waals surface area contributed by atoms with Gasteiger partial charge in [-0.3, -0.25) is 14.6 Å². The van der Waals surface area contributed by atoms with E-state index in [0.717, 1.165) is 22.5 Å². The molecule has 0 bridgehead atoms. The molecule has 0 spiro atoms. The highest BCUT2D eigenvalue weighted by Gasteiger charge is 2.41. The van der Waals surface area contributed by atoms with E-state index in [1.165, 1.54) is 0 Å². The SMILES string of the molecule is CCC(C)[C@@H](C(=O)N[C@@H](Cc1ccccc1)C[C@H](O)[C@H](Cc1ccccc1)NC(=O)[C@@H](NC(=O)O)C(C)(C)C)N1CCN(Cc2cccc(C)n2)C1=O. The first-order valence-corrected chi connectivity index (χ1v) is 18.5. The van der Waals surface area contributed by atoms with Gasteiger partial charge in [0.25, 0.3) is 0 Å². The Hall–Kier alpha value is -4.97. The van der Waals surface area contributed by atoms with Crippen molar-refractivity contribution >= 4 is 23.9 Å². The highest BCUT2D eigenvalue weighted by Crippen LogP contribution is 2.24. The zero-order chi connectivity index (χ0) is 38.7. The number of aliphatic hydroxyl groups is 1. The molecular formula is C41H56N6O6. The molecular weight excluding hydrogens is 672 g/mol. The Morgan fingerprint density at radius 2 is 1.47 bits per heavy atom. The van der Waals surface area contributed by atoms with Crippen LogP contribution in [0.5, 0.6) is 0 Å². The van der Waals surface area contributed by atoms with Crippen LogP contribution in [0.25, 0.3) is 0 Å². The molecule has 6 atom stereocenters. The van der Waals surface area contributed by atoms with Crippen molar-refractivity contribution in [1.82, 2.24) is 30.7 Å². The van der Waals surface area contributed by atoms with E-state index in [-0.39, 0.29) is 30.7 Å². The van der Waals surface area contributed by atoms with E-state index < -0.39 is 47.7 Å². The molecule has 0 aliphatic carbocycles. The second-order valence-corrected chi connectivity index (χ2v) is 15.2. The molecule has 1 fully saturated rings. The zero-order valence-corrected chi connectivity index (χ0v) is 31.8. The van der Waals surface area contributed by atoms with Crippen molar-refractivity contribution in [3.63, 3.8) is 0 Å². The van der Waals surface area contributed by atoms with Crippen molar-refractivity contribution in [1.29, 1.82) is 0 Å². The first-order chi connectivity index (χ1) is 25.2. The smallest absolute Gasteiger partial charge is 0.405 e. The molecule has 0 saturated carbocycles. The quantitative estimate of drug-likeness (QED) is 0.132. The predicted molar refractivity (Wildman–Crippen MR) is 204 cm³/mol. The van der Waals surface area contributed by atoms with Crippen LogP contribution in [0, 0.1) is 18.3 Å². The van der Waals surface area contributed by atoms with Crippen molar-refractivity contribution in [3.05, 3.63) is 101 Å². The highest BCUT2D eigenvalue weighted by atomic mass is 16.4. The van der Waals surface area contributed by atoms with Gasteiger partial charge in [0.15, 0.2) is 0 Å². The van der Waals surface area contributed by atoms with Gasteiger partial charge in [-0.2, -0.15) is 0 Å². The molecule has 2 heterocycles. The van der Waals surface area contributed by atoms with E-state index in [1.54, 1.807) is 30.6 Å². The van der Waals surface area contributed by atoms with Crippen LogP contribution in [-0.2, 0) is 29.0 Å². The number of benzene rings is 2. The van der Waals surface area contributed by atoms with Crippen molar-refractivity contribution in [2.24, 2.45) is 11.3 Å². The normalized spacial score (nSPS) is 16.6. The van der Waals surface area contributed by atoms with E-state index in [0.29, 0.717) is 32.5 Å². The summed E-state index contributed by atoms with van der Waals surface area (Å²) in [5.74, 6) is -1.02. The Bertz CT molecular complexity index is 1670. The number of hydrogen-bond donors (Lipinski definition) is 5. The summed E-state index contributed by atoms with van der Waals surface area (Å²) in [5, 5.41) is 29.9. The molecule has 2 aromatic carbocycles. The fourth-order valence-electron chi connectivity index (χ4n) is 6.87. The van der Waals surface area contributed by atoms with Crippen LogP contribution in [0.4, 0.5) is 9.59 Å². The summed E-state index contributed by atoms with van der Waals surface area (Å²) in [4.78, 5) is 61.4. The maximum absolute atomic E-state index is 14.4. The number of hydrogen-bond acceptors (Lipinski definition) is 6. The number of nitrogens with zero attached hydrogens (tertiary/aromatic N) is 3. The van der Waals surface area contributed by atoms with Crippen molar-refractivity contribution < 1.29 is 29.4 Å². The number of urea groups is 1. The van der Waals surface area contributed by atoms with E-state index in [1.807, 2.05) is 99.6 Å². The third kappa shape index (κ3) is 11.8. The summed E-state index contributed by atoms with van der Waals surface area (Å²) in [7, 11) is 0. The van der Waals surface area contributed by atoms with E-state index in [9.17, 15) is 29.4 Å². The maximum atomic E-state index is 14.4. The average molecular weight is 729 g/mol. The number of rotatable bonds is 17. The maximum Gasteiger partial charge on any atom is 0.405 e. The summed E-state index contributed by atoms with van der Waals surface area (Å²) in [6, 6.07) is 21.3. The number of carboxylic acid groups (broad SMARTS) is 1. The minimum Gasteiger partial charge on any atom is -0.465 e. The summed E-state index contributed by atoms with van der Waals surface area (Å²) in [6.45, 7) is 12.4. The van der Waals surface area contributed by atoms with Crippen LogP contribution >= 0.6 is 0 Å². The van der Waals surface area contributed by atoms with E-state index >= 15 is 0 Å². The molecule has 0 radical (unpaired) electrons. The van der Waals surface area contributed by atoms with E-state index in [2.05, 4.69) is 20.9 Å². The molecule has 12 nitrogen and oxygen atoms in total. The van der Waals surface area contributed by atoms with Crippen molar-refractivity contribution in [3.8, 4) is 0 Å². The van der Waals surface area contributed by atoms with Crippen molar-refractivity contribution in [2.45, 2.75) is 104 Å². The molecule has 5 amide bonds. The molecule has 1 unspecified atom stereocenters. The Kier molecular flexibility index (Phi) is 14.4. The van der Waals surface area contributed by atoms with Gasteiger partial charge in [-0.1, -0.05) is 108 Å². The Labute approximate surface area is 313 Å². The van der Waals surface area contributed by atoms with Crippen LogP contribution in [0.1, 0.15) is 70.0 Å². The second kappa shape index (κ2) is 18.7. The number of carbonyl (C=O) groups excluding carboxylic acids is 3. The first-order valence-electron chi connectivity index (χ1n) is 18.5. The van der Waals surface area contributed by atoms with Crippen LogP contribution in [0.15, 0.2) is 78.9 Å². The minimum absolute atomic E-state index is 0.0806. The third-order valence-electron chi connectivity index (χ3n) is 9.90. The molecule has 4 rings (SSSR count). The molecule has 53 heavy (non-hydrogen) atoms. The average Bonchev–Trinajstić information content (AvgIpc) is 3.45. The van der Waals surface area contributed by atoms with Crippen LogP contribution in [0.3, 0.4) is 0 Å². The lowest BCUT2D eigenvalue weighted by Crippen LogP contribution is -2.58. The molecule has 1 saturated heterocycles. The number of nitrogens with one attached hydrogen (secondary N) is 3. The zero-order valence-electron chi connectivity index (χ0n) is 31.8. The van der Waals surface area contributed by atoms with Gasteiger partial charge in [-0.15, -0.1) is 0 Å². The number of aromatic nitrogens is 1. The number of aliphatic hydroxyl groups excluding tert-OH is 1. The Morgan fingerprint density at radius 1 is 0.849 bits per heavy atom. The summed E-state index contributed by atoms with van der Waals surface area (Å²) in [6.07, 6.45) is -1.05. The largest absolute Gasteiger partial charge is 0.465 e. The van der Waals surface area contributed by atoms with Gasteiger partial charge in [0.05, 0.1) is 24.4 Å². The number of amides is 5. The fraction of sp³-hybridized carbons (Fsp3) is 0.488. The van der Waals surface area contributed by atoms with Crippen LogP contribution < -0.4 is 16.0 Å². The Balaban J connectivity index is 1.59. The van der Waals surface area contributed by atoms with Gasteiger partial charge < -0.3 is 36.0 Å². The standard InChI is InChI=1S/C41H56N6O6/c1-7-27(2)35(47-22-21-46(40(47)53)26-31-20-14-15-28(3)42-31)37(49)43-32(23-29-16-10-8-11-17-29)25-34(48)33(24-30-18-12-9-13-19-30)44-38(50)36(41(4,5)6)45-39(51)52/h8-20,27,32-36,45,48H,7,21-26H2,1-6H3,(H,43,49)(H,44,50)(H,51,52)/t27?,32-,33-,34-,35-,36+/m0/s1. The molecule has 12 heteroatoms. The molecule has 5 N–H and O–H groups in total. The van der Waals surface area contributed by atoms with Gasteiger partial charge in [0.1, 0.15) is 12.1 Å². The summed E-state index contributed by atoms with van der Waals surface area (Å²) < 4.78 is 0. The number of pyridine rings is 1. The molecule has 1 aromatic heterocycles. The molecule has 1 aliphatic rings. The lowest BCUT2D eigenvalue weighted by Gasteiger charge is -2.35. The lowest BCUT2D eigenvalue weighted by atomic mass is 9.85. The van der Waals surface area contributed by atoms with Gasteiger partial charge in [0.2, 0.25) is 11.8 Å². The van der Waals surface area contributed by atoms with Gasteiger partial charge in [0, 0.05) is 24.8 Å². The van der Waals surface area contributed by atoms with Crippen LogP contribution in [-0.4, -0.2) is 92.3 Å². The topological polar surface area (TPSA) is 164 Å². The molecule has 286 valence electrons. The molecule has 1 aliphatic heterocycles. The number of carbonyl (C=O) groups is 4. The second-order valence-electron chi connectivity index (χ2n) is 15.2. The van der Waals surface area contributed by atoms with Gasteiger partial charge >= 0.3 is 12.1 Å². The fourth-order valence-corrected chi connectivity index (χ4v) is 6.87. The van der Waals surface area contributed by atoms with Gasteiger partial charge in [-0.05, 0) is 60.8 Å². The molecule has 3 aromatic rings. The van der Waals surface area contributed by atoms with Gasteiger partial charge in [-0.25, -0.2) is 9.59 Å². The summed E-state index contributed by atoms with van der Waals surface area (Å²) in [5.41, 5.74) is 2.71. The predicted octanol–water partition coefficient (Wildman–Crippen LogP) is 4.93. The minimum atomic E-state index is -1.33. The van der Waals surface area contributed by atoms with E-state index in [4.69, 9.17) is 0 Å². The van der Waals surface area contributed by atoms with Crippen molar-refractivity contribution in [2.75, 3.05) is 13.1 Å². The first kappa shape index (κ1) is 40.8. The monoisotopic (exact) mass is 728 g/mol. The van der Waals surface area contributed by atoms with Crippen LogP contribution in [0.2, 0.25) is 0 Å².